The maximum Gasteiger partial charge on any atom is 0.102 e. The number of rotatable bonds is 4. The van der Waals surface area contributed by atoms with E-state index in [1.165, 1.54) is 10.8 Å². The minimum Gasteiger partial charge on any atom is -0.309 e. The van der Waals surface area contributed by atoms with Crippen LogP contribution in [0.15, 0.2) is 152 Å². The lowest BCUT2D eigenvalue weighted by Gasteiger charge is -2.16. The Balaban J connectivity index is 1.20. The van der Waals surface area contributed by atoms with Crippen LogP contribution in [-0.4, -0.2) is 9.13 Å². The van der Waals surface area contributed by atoms with Crippen molar-refractivity contribution in [2.45, 2.75) is 0 Å². The van der Waals surface area contributed by atoms with Gasteiger partial charge >= 0.3 is 0 Å². The van der Waals surface area contributed by atoms with Gasteiger partial charge in [0.1, 0.15) is 6.07 Å². The van der Waals surface area contributed by atoms with Crippen molar-refractivity contribution < 1.29 is 0 Å². The van der Waals surface area contributed by atoms with Crippen LogP contribution < -0.4 is 0 Å². The maximum atomic E-state index is 10.7. The summed E-state index contributed by atoms with van der Waals surface area (Å²) < 4.78 is 4.39. The molecule has 0 unspecified atom stereocenters. The molecule has 0 saturated carbocycles. The van der Waals surface area contributed by atoms with Gasteiger partial charge < -0.3 is 9.13 Å². The molecule has 0 radical (unpaired) electrons. The Hall–Kier alpha value is -7.39. The largest absolute Gasteiger partial charge is 0.309 e. The summed E-state index contributed by atoms with van der Waals surface area (Å²) in [5, 5.41) is 34.5. The highest BCUT2D eigenvalue weighted by atomic mass is 15.0. The number of nitrogens with zero attached hydrogens (tertiary/aromatic N) is 5. The van der Waals surface area contributed by atoms with Crippen LogP contribution in [-0.2, 0) is 0 Å². The van der Waals surface area contributed by atoms with E-state index >= 15 is 0 Å². The first-order valence-electron chi connectivity index (χ1n) is 16.3. The van der Waals surface area contributed by atoms with Crippen LogP contribution in [0.5, 0.6) is 0 Å². The highest BCUT2D eigenvalue weighted by Gasteiger charge is 2.19. The molecule has 0 aliphatic carbocycles. The lowest BCUT2D eigenvalue weighted by molar-refractivity contribution is 1.17. The van der Waals surface area contributed by atoms with E-state index in [4.69, 9.17) is 0 Å². The predicted octanol–water partition coefficient (Wildman–Crippen LogP) is 10.8. The highest BCUT2D eigenvalue weighted by Crippen LogP contribution is 2.39. The summed E-state index contributed by atoms with van der Waals surface area (Å²) in [4.78, 5) is 0. The number of hydrogen-bond acceptors (Lipinski definition) is 3. The summed E-state index contributed by atoms with van der Waals surface area (Å²) in [6.45, 7) is 0. The van der Waals surface area contributed by atoms with Gasteiger partial charge in [-0.3, -0.25) is 0 Å². The molecule has 0 N–H and O–H groups in total. The van der Waals surface area contributed by atoms with Crippen molar-refractivity contribution in [3.63, 3.8) is 0 Å². The van der Waals surface area contributed by atoms with Crippen LogP contribution in [0.1, 0.15) is 16.7 Å². The van der Waals surface area contributed by atoms with E-state index in [0.717, 1.165) is 66.5 Å². The second-order valence-electron chi connectivity index (χ2n) is 12.3. The van der Waals surface area contributed by atoms with Crippen molar-refractivity contribution in [3.05, 3.63) is 168 Å². The van der Waals surface area contributed by atoms with Crippen molar-refractivity contribution in [3.8, 4) is 51.8 Å². The van der Waals surface area contributed by atoms with Crippen molar-refractivity contribution in [1.82, 2.24) is 9.13 Å². The average Bonchev–Trinajstić information content (AvgIpc) is 3.70. The van der Waals surface area contributed by atoms with Gasteiger partial charge in [0.05, 0.1) is 62.3 Å². The first-order chi connectivity index (χ1) is 24.7. The van der Waals surface area contributed by atoms with Crippen LogP contribution in [0, 0.1) is 34.0 Å². The van der Waals surface area contributed by atoms with Gasteiger partial charge in [0.2, 0.25) is 0 Å². The van der Waals surface area contributed by atoms with Gasteiger partial charge in [0, 0.05) is 32.7 Å². The topological polar surface area (TPSA) is 81.2 Å². The van der Waals surface area contributed by atoms with Gasteiger partial charge in [0.25, 0.3) is 0 Å². The number of aromatic nitrogens is 2. The quantitative estimate of drug-likeness (QED) is 0.193. The first kappa shape index (κ1) is 28.8. The molecule has 9 rings (SSSR count). The smallest absolute Gasteiger partial charge is 0.102 e. The Kier molecular flexibility index (Phi) is 6.56. The number of fused-ring (bicyclic) bond motifs is 6. The fraction of sp³-hybridized carbons (Fsp3) is 0. The zero-order chi connectivity index (χ0) is 33.8. The zero-order valence-corrected chi connectivity index (χ0v) is 26.7. The lowest BCUT2D eigenvalue weighted by atomic mass is 9.95. The third-order valence-electron chi connectivity index (χ3n) is 9.65. The third kappa shape index (κ3) is 4.31. The SMILES string of the molecule is N#Cc1ccc(-n2c3ccccc3c3ccccc32)c(-c2ccc(-c3cccc(-n4c5ccccc5c5cc(C#N)ccc54)c3C#N)cc2)c1. The van der Waals surface area contributed by atoms with E-state index in [0.29, 0.717) is 16.7 Å². The molecule has 2 heterocycles. The van der Waals surface area contributed by atoms with E-state index in [1.807, 2.05) is 72.8 Å². The summed E-state index contributed by atoms with van der Waals surface area (Å²) in [6, 6.07) is 57.7. The molecular formula is C45H25N5. The Morgan fingerprint density at radius 1 is 0.360 bits per heavy atom. The monoisotopic (exact) mass is 635 g/mol. The van der Waals surface area contributed by atoms with E-state index in [-0.39, 0.29) is 0 Å². The van der Waals surface area contributed by atoms with E-state index in [1.54, 1.807) is 0 Å². The van der Waals surface area contributed by atoms with Crippen LogP contribution in [0.3, 0.4) is 0 Å². The summed E-state index contributed by atoms with van der Waals surface area (Å²) in [5.41, 5.74) is 11.2. The van der Waals surface area contributed by atoms with Crippen molar-refractivity contribution in [2.24, 2.45) is 0 Å². The maximum absolute atomic E-state index is 10.7. The normalized spacial score (nSPS) is 11.1. The average molecular weight is 636 g/mol. The van der Waals surface area contributed by atoms with Gasteiger partial charge in [-0.25, -0.2) is 0 Å². The van der Waals surface area contributed by atoms with Crippen LogP contribution in [0.25, 0.3) is 77.2 Å². The van der Waals surface area contributed by atoms with Crippen LogP contribution in [0.2, 0.25) is 0 Å². The van der Waals surface area contributed by atoms with Gasteiger partial charge in [-0.2, -0.15) is 15.8 Å². The minimum absolute atomic E-state index is 0.560. The van der Waals surface area contributed by atoms with Gasteiger partial charge in [-0.1, -0.05) is 91.0 Å². The lowest BCUT2D eigenvalue weighted by Crippen LogP contribution is -2.00. The van der Waals surface area contributed by atoms with Crippen LogP contribution >= 0.6 is 0 Å². The summed E-state index contributed by atoms with van der Waals surface area (Å²) in [7, 11) is 0. The second-order valence-corrected chi connectivity index (χ2v) is 12.3. The Morgan fingerprint density at radius 3 is 1.46 bits per heavy atom. The molecule has 0 saturated heterocycles. The fourth-order valence-corrected chi connectivity index (χ4v) is 7.43. The van der Waals surface area contributed by atoms with E-state index < -0.39 is 0 Å². The molecule has 9 aromatic rings. The zero-order valence-electron chi connectivity index (χ0n) is 26.7. The molecule has 0 atom stereocenters. The van der Waals surface area contributed by atoms with Crippen molar-refractivity contribution in [1.29, 1.82) is 15.8 Å². The van der Waals surface area contributed by atoms with Crippen molar-refractivity contribution in [2.75, 3.05) is 0 Å². The molecule has 0 amide bonds. The first-order valence-corrected chi connectivity index (χ1v) is 16.3. The minimum atomic E-state index is 0.560. The standard InChI is InChI=1S/C45H25N5/c46-26-29-16-22-44(49-40-12-4-1-8-34(40)35-9-2-5-13-41(35)49)37(24-29)32-20-18-31(19-21-32)33-11-7-15-43(39(33)28-48)50-42-14-6-3-10-36(42)38-25-30(27-47)17-23-45(38)50/h1-25H. The van der Waals surface area contributed by atoms with Gasteiger partial charge in [-0.15, -0.1) is 0 Å². The summed E-state index contributed by atoms with van der Waals surface area (Å²) in [6.07, 6.45) is 0. The van der Waals surface area contributed by atoms with E-state index in [2.05, 4.69) is 106 Å². The van der Waals surface area contributed by atoms with Gasteiger partial charge in [-0.05, 0) is 71.8 Å². The third-order valence-corrected chi connectivity index (χ3v) is 9.65. The molecule has 0 spiro atoms. The molecule has 2 aromatic heterocycles. The molecule has 0 aliphatic heterocycles. The predicted molar refractivity (Wildman–Crippen MR) is 200 cm³/mol. The molecular weight excluding hydrogens is 611 g/mol. The molecule has 230 valence electrons. The summed E-state index contributed by atoms with van der Waals surface area (Å²) >= 11 is 0. The molecule has 50 heavy (non-hydrogen) atoms. The van der Waals surface area contributed by atoms with Crippen LogP contribution in [0.4, 0.5) is 0 Å². The fourth-order valence-electron chi connectivity index (χ4n) is 7.43. The van der Waals surface area contributed by atoms with Crippen molar-refractivity contribution >= 4 is 43.6 Å². The summed E-state index contributed by atoms with van der Waals surface area (Å²) in [5.74, 6) is 0. The molecule has 0 aliphatic rings. The molecule has 0 bridgehead atoms. The molecule has 0 fully saturated rings. The molecule has 7 aromatic carbocycles. The Bertz CT molecular complexity index is 2900. The number of benzene rings is 7. The molecule has 5 heteroatoms. The Morgan fingerprint density at radius 2 is 0.860 bits per heavy atom. The van der Waals surface area contributed by atoms with Gasteiger partial charge in [0.15, 0.2) is 0 Å². The van der Waals surface area contributed by atoms with E-state index in [9.17, 15) is 15.8 Å². The highest BCUT2D eigenvalue weighted by molar-refractivity contribution is 6.11. The second kappa shape index (κ2) is 11.4. The molecule has 5 nitrogen and oxygen atoms in total. The number of nitriles is 3. The number of para-hydroxylation sites is 3. The Labute approximate surface area is 287 Å². The number of hydrogen-bond donors (Lipinski definition) is 0.